The Morgan fingerprint density at radius 3 is 2.13 bits per heavy atom. The molecule has 0 radical (unpaired) electrons. The van der Waals surface area contributed by atoms with Crippen LogP contribution in [0, 0.1) is 6.92 Å². The third-order valence-electron chi connectivity index (χ3n) is 5.39. The first-order chi connectivity index (χ1) is 13.8. The highest BCUT2D eigenvalue weighted by molar-refractivity contribution is 7.91. The van der Waals surface area contributed by atoms with Crippen molar-refractivity contribution in [1.29, 1.82) is 0 Å². The molecule has 1 saturated heterocycles. The third-order valence-corrected chi connectivity index (χ3v) is 8.48. The van der Waals surface area contributed by atoms with Crippen LogP contribution in [-0.2, 0) is 19.9 Å². The minimum Gasteiger partial charge on any atom is -0.319 e. The summed E-state index contributed by atoms with van der Waals surface area (Å²) in [5, 5.41) is 0. The van der Waals surface area contributed by atoms with Crippen molar-refractivity contribution < 1.29 is 21.6 Å². The topological polar surface area (TPSA) is 104 Å². The van der Waals surface area contributed by atoms with Crippen LogP contribution in [0.2, 0.25) is 0 Å². The molecular formula is C20H33N3O5S2. The Labute approximate surface area is 180 Å². The summed E-state index contributed by atoms with van der Waals surface area (Å²) in [5.41, 5.74) is 0.903. The van der Waals surface area contributed by atoms with Gasteiger partial charge in [-0.25, -0.2) is 26.4 Å². The van der Waals surface area contributed by atoms with Gasteiger partial charge in [-0.1, -0.05) is 17.7 Å². The molecule has 0 aromatic heterocycles. The van der Waals surface area contributed by atoms with Gasteiger partial charge in [-0.15, -0.1) is 0 Å². The van der Waals surface area contributed by atoms with Crippen LogP contribution in [0.25, 0.3) is 0 Å². The summed E-state index contributed by atoms with van der Waals surface area (Å²) < 4.78 is 51.4. The Kier molecular flexibility index (Phi) is 7.92. The number of hydrogen-bond donors (Lipinski definition) is 1. The van der Waals surface area contributed by atoms with Gasteiger partial charge in [0.2, 0.25) is 0 Å². The molecule has 1 aromatic carbocycles. The van der Waals surface area contributed by atoms with E-state index in [9.17, 15) is 21.6 Å². The average molecular weight is 460 g/mol. The fourth-order valence-corrected chi connectivity index (χ4v) is 6.45. The van der Waals surface area contributed by atoms with E-state index in [0.29, 0.717) is 13.0 Å². The van der Waals surface area contributed by atoms with Gasteiger partial charge < -0.3 is 4.90 Å². The van der Waals surface area contributed by atoms with E-state index in [1.807, 2.05) is 34.6 Å². The number of sulfone groups is 1. The van der Waals surface area contributed by atoms with Crippen molar-refractivity contribution in [1.82, 2.24) is 14.5 Å². The predicted molar refractivity (Wildman–Crippen MR) is 118 cm³/mol. The maximum atomic E-state index is 13.0. The maximum absolute atomic E-state index is 13.0. The fraction of sp³-hybridized carbons (Fsp3) is 0.650. The quantitative estimate of drug-likeness (QED) is 0.638. The van der Waals surface area contributed by atoms with Crippen LogP contribution < -0.4 is 4.72 Å². The molecule has 0 aliphatic carbocycles. The van der Waals surface area contributed by atoms with Gasteiger partial charge in [0.25, 0.3) is 10.0 Å². The van der Waals surface area contributed by atoms with Crippen LogP contribution in [0.4, 0.5) is 4.79 Å². The molecule has 1 aromatic rings. The zero-order chi connectivity index (χ0) is 22.7. The SMILES string of the molecule is Cc1ccc(S(=O)(=O)NC(=O)N(CCN(C(C)C)C(C)C)C2CCS(=O)(=O)C2)cc1. The van der Waals surface area contributed by atoms with E-state index < -0.39 is 31.9 Å². The molecule has 1 aliphatic heterocycles. The Morgan fingerprint density at radius 1 is 1.10 bits per heavy atom. The number of nitrogens with zero attached hydrogens (tertiary/aromatic N) is 2. The Balaban J connectivity index is 2.22. The molecular weight excluding hydrogens is 426 g/mol. The van der Waals surface area contributed by atoms with Crippen molar-refractivity contribution >= 4 is 25.9 Å². The zero-order valence-electron chi connectivity index (χ0n) is 18.3. The van der Waals surface area contributed by atoms with E-state index in [2.05, 4.69) is 9.62 Å². The van der Waals surface area contributed by atoms with Crippen molar-refractivity contribution in [2.45, 2.75) is 64.1 Å². The largest absolute Gasteiger partial charge is 0.331 e. The van der Waals surface area contributed by atoms with Crippen molar-refractivity contribution in [3.05, 3.63) is 29.8 Å². The minimum atomic E-state index is -4.06. The highest BCUT2D eigenvalue weighted by Crippen LogP contribution is 2.19. The van der Waals surface area contributed by atoms with Crippen molar-refractivity contribution in [2.24, 2.45) is 0 Å². The molecule has 1 unspecified atom stereocenters. The summed E-state index contributed by atoms with van der Waals surface area (Å²) in [7, 11) is -7.29. The lowest BCUT2D eigenvalue weighted by Crippen LogP contribution is -2.52. The lowest BCUT2D eigenvalue weighted by molar-refractivity contribution is 0.135. The van der Waals surface area contributed by atoms with E-state index in [-0.39, 0.29) is 35.0 Å². The Hall–Kier alpha value is -1.65. The molecule has 8 nitrogen and oxygen atoms in total. The monoisotopic (exact) mass is 459 g/mol. The van der Waals surface area contributed by atoms with E-state index in [4.69, 9.17) is 0 Å². The predicted octanol–water partition coefficient (Wildman–Crippen LogP) is 2.00. The van der Waals surface area contributed by atoms with Gasteiger partial charge in [-0.2, -0.15) is 0 Å². The first-order valence-corrected chi connectivity index (χ1v) is 13.5. The highest BCUT2D eigenvalue weighted by atomic mass is 32.2. The summed E-state index contributed by atoms with van der Waals surface area (Å²) in [6, 6.07) is 5.34. The summed E-state index contributed by atoms with van der Waals surface area (Å²) in [5.74, 6) is -0.140. The lowest BCUT2D eigenvalue weighted by Gasteiger charge is -2.35. The van der Waals surface area contributed by atoms with Gasteiger partial charge in [0.05, 0.1) is 16.4 Å². The molecule has 10 heteroatoms. The van der Waals surface area contributed by atoms with Gasteiger partial charge in [-0.3, -0.25) is 4.90 Å². The van der Waals surface area contributed by atoms with E-state index in [1.165, 1.54) is 17.0 Å². The van der Waals surface area contributed by atoms with Crippen LogP contribution in [0.5, 0.6) is 0 Å². The van der Waals surface area contributed by atoms with Gasteiger partial charge in [-0.05, 0) is 53.2 Å². The van der Waals surface area contributed by atoms with Crippen LogP contribution in [0.1, 0.15) is 39.7 Å². The minimum absolute atomic E-state index is 0.00420. The number of hydrogen-bond acceptors (Lipinski definition) is 6. The molecule has 0 bridgehead atoms. The van der Waals surface area contributed by atoms with E-state index in [0.717, 1.165) is 5.56 Å². The van der Waals surface area contributed by atoms with Gasteiger partial charge in [0.1, 0.15) is 0 Å². The second-order valence-electron chi connectivity index (χ2n) is 8.40. The van der Waals surface area contributed by atoms with E-state index >= 15 is 0 Å². The molecule has 1 heterocycles. The van der Waals surface area contributed by atoms with Crippen LogP contribution in [0.15, 0.2) is 29.2 Å². The second-order valence-corrected chi connectivity index (χ2v) is 12.3. The van der Waals surface area contributed by atoms with Crippen LogP contribution in [0.3, 0.4) is 0 Å². The summed E-state index contributed by atoms with van der Waals surface area (Å²) in [4.78, 5) is 16.5. The fourth-order valence-electron chi connectivity index (χ4n) is 3.76. The molecule has 1 atom stereocenters. The standard InChI is InChI=1S/C20H33N3O5S2/c1-15(2)22(16(3)4)11-12-23(18-10-13-29(25,26)14-18)20(24)21-30(27,28)19-8-6-17(5)7-9-19/h6-9,15-16,18H,10-14H2,1-5H3,(H,21,24). The van der Waals surface area contributed by atoms with Crippen LogP contribution in [-0.4, -0.2) is 75.4 Å². The molecule has 1 fully saturated rings. The Morgan fingerprint density at radius 2 is 1.67 bits per heavy atom. The molecule has 1 N–H and O–H groups in total. The number of carbonyl (C=O) groups is 1. The van der Waals surface area contributed by atoms with Crippen LogP contribution >= 0.6 is 0 Å². The molecule has 2 amide bonds. The van der Waals surface area contributed by atoms with Crippen molar-refractivity contribution in [2.75, 3.05) is 24.6 Å². The van der Waals surface area contributed by atoms with Crippen molar-refractivity contribution in [3.63, 3.8) is 0 Å². The number of sulfonamides is 1. The number of nitrogens with one attached hydrogen (secondary N) is 1. The maximum Gasteiger partial charge on any atom is 0.331 e. The molecule has 2 rings (SSSR count). The lowest BCUT2D eigenvalue weighted by atomic mass is 10.2. The smallest absolute Gasteiger partial charge is 0.319 e. The molecule has 0 spiro atoms. The first kappa shape index (κ1) is 24.6. The van der Waals surface area contributed by atoms with Gasteiger partial charge in [0.15, 0.2) is 9.84 Å². The summed E-state index contributed by atoms with van der Waals surface area (Å²) >= 11 is 0. The first-order valence-electron chi connectivity index (χ1n) is 10.2. The molecule has 1 aliphatic rings. The molecule has 170 valence electrons. The zero-order valence-corrected chi connectivity index (χ0v) is 20.0. The number of amides is 2. The third kappa shape index (κ3) is 6.42. The highest BCUT2D eigenvalue weighted by Gasteiger charge is 2.36. The second kappa shape index (κ2) is 9.65. The average Bonchev–Trinajstić information content (AvgIpc) is 2.97. The number of urea groups is 1. The summed E-state index contributed by atoms with van der Waals surface area (Å²) in [6.45, 7) is 10.8. The van der Waals surface area contributed by atoms with E-state index in [1.54, 1.807) is 12.1 Å². The summed E-state index contributed by atoms with van der Waals surface area (Å²) in [6.07, 6.45) is 0.309. The van der Waals surface area contributed by atoms with Crippen molar-refractivity contribution in [3.8, 4) is 0 Å². The molecule has 0 saturated carbocycles. The number of aryl methyl sites for hydroxylation is 1. The number of benzene rings is 1. The number of rotatable bonds is 8. The number of carbonyl (C=O) groups excluding carboxylic acids is 1. The Bertz CT molecular complexity index is 933. The normalized spacial score (nSPS) is 18.9. The van der Waals surface area contributed by atoms with Gasteiger partial charge in [0, 0.05) is 31.2 Å². The molecule has 30 heavy (non-hydrogen) atoms. The van der Waals surface area contributed by atoms with Gasteiger partial charge >= 0.3 is 6.03 Å².